The number of nitrogens with zero attached hydrogens (tertiary/aromatic N) is 5. The predicted octanol–water partition coefficient (Wildman–Crippen LogP) is 2.31. The third kappa shape index (κ3) is 3.17. The lowest BCUT2D eigenvalue weighted by molar-refractivity contribution is -0.142. The molecule has 0 aliphatic heterocycles. The molecule has 1 fully saturated rings. The maximum atomic E-state index is 13.4. The molecule has 12 heteroatoms. The zero-order chi connectivity index (χ0) is 20.2. The second-order valence-electron chi connectivity index (χ2n) is 6.46. The number of hydrogen-bond donors (Lipinski definition) is 2. The van der Waals surface area contributed by atoms with E-state index in [-0.39, 0.29) is 22.9 Å². The second-order valence-corrected chi connectivity index (χ2v) is 6.46. The largest absolute Gasteiger partial charge is 0.476 e. The van der Waals surface area contributed by atoms with Gasteiger partial charge in [-0.05, 0) is 18.9 Å². The molecule has 0 saturated heterocycles. The monoisotopic (exact) mass is 394 g/mol. The highest BCUT2D eigenvalue weighted by Gasteiger charge is 2.37. The van der Waals surface area contributed by atoms with Crippen molar-refractivity contribution in [2.24, 2.45) is 7.05 Å². The third-order valence-electron chi connectivity index (χ3n) is 4.25. The number of halogens is 3. The first-order valence-electron chi connectivity index (χ1n) is 8.19. The highest BCUT2D eigenvalue weighted by molar-refractivity contribution is 6.06. The Morgan fingerprint density at radius 2 is 1.96 bits per heavy atom. The molecule has 146 valence electrons. The molecule has 3 heterocycles. The van der Waals surface area contributed by atoms with Crippen LogP contribution in [0.1, 0.15) is 51.1 Å². The van der Waals surface area contributed by atoms with Crippen LogP contribution >= 0.6 is 0 Å². The van der Waals surface area contributed by atoms with Gasteiger partial charge >= 0.3 is 12.1 Å². The van der Waals surface area contributed by atoms with Gasteiger partial charge in [-0.15, -0.1) is 0 Å². The summed E-state index contributed by atoms with van der Waals surface area (Å²) < 4.78 is 42.0. The molecule has 4 rings (SSSR count). The first-order valence-corrected chi connectivity index (χ1v) is 8.19. The quantitative estimate of drug-likeness (QED) is 0.702. The fourth-order valence-corrected chi connectivity index (χ4v) is 2.82. The lowest BCUT2D eigenvalue weighted by atomic mass is 10.2. The fourth-order valence-electron chi connectivity index (χ4n) is 2.82. The molecule has 1 saturated carbocycles. The number of carboxylic acid groups (broad SMARTS) is 1. The van der Waals surface area contributed by atoms with Crippen molar-refractivity contribution < 1.29 is 27.9 Å². The number of alkyl halides is 3. The van der Waals surface area contributed by atoms with Crippen molar-refractivity contribution >= 4 is 23.2 Å². The molecule has 2 N–H and O–H groups in total. The zero-order valence-corrected chi connectivity index (χ0v) is 14.4. The molecule has 0 atom stereocenters. The first kappa shape index (κ1) is 17.9. The molecule has 9 nitrogen and oxygen atoms in total. The van der Waals surface area contributed by atoms with E-state index in [4.69, 9.17) is 5.11 Å². The Bertz CT molecular complexity index is 1110. The Labute approximate surface area is 154 Å². The van der Waals surface area contributed by atoms with Crippen molar-refractivity contribution in [2.75, 3.05) is 5.32 Å². The van der Waals surface area contributed by atoms with Crippen LogP contribution in [-0.2, 0) is 13.2 Å². The Balaban J connectivity index is 1.73. The Morgan fingerprint density at radius 3 is 2.57 bits per heavy atom. The van der Waals surface area contributed by atoms with Crippen molar-refractivity contribution in [3.63, 3.8) is 0 Å². The molecule has 1 aliphatic carbocycles. The number of carbonyl (C=O) groups excluding carboxylic acids is 1. The van der Waals surface area contributed by atoms with E-state index < -0.39 is 29.4 Å². The second kappa shape index (κ2) is 6.04. The smallest absolute Gasteiger partial charge is 0.433 e. The molecule has 1 amide bonds. The number of aromatic nitrogens is 5. The molecule has 0 radical (unpaired) electrons. The third-order valence-corrected chi connectivity index (χ3v) is 4.25. The molecular weight excluding hydrogens is 381 g/mol. The zero-order valence-electron chi connectivity index (χ0n) is 14.4. The van der Waals surface area contributed by atoms with Crippen molar-refractivity contribution in [2.45, 2.75) is 24.9 Å². The number of fused-ring (bicyclic) bond motifs is 1. The van der Waals surface area contributed by atoms with Crippen LogP contribution in [0, 0.1) is 0 Å². The highest BCUT2D eigenvalue weighted by atomic mass is 19.4. The van der Waals surface area contributed by atoms with Crippen molar-refractivity contribution in [3.8, 4) is 0 Å². The van der Waals surface area contributed by atoms with Crippen LogP contribution in [0.2, 0.25) is 0 Å². The number of anilines is 1. The fraction of sp³-hybridized carbons (Fsp3) is 0.312. The van der Waals surface area contributed by atoms with Crippen LogP contribution in [-0.4, -0.2) is 41.4 Å². The van der Waals surface area contributed by atoms with E-state index in [2.05, 4.69) is 20.5 Å². The van der Waals surface area contributed by atoms with Gasteiger partial charge in [0.1, 0.15) is 5.69 Å². The Hall–Kier alpha value is -3.44. The van der Waals surface area contributed by atoms with E-state index in [1.165, 1.54) is 17.9 Å². The van der Waals surface area contributed by atoms with Crippen LogP contribution in [0.5, 0.6) is 0 Å². The van der Waals surface area contributed by atoms with E-state index in [0.29, 0.717) is 10.2 Å². The standard InChI is InChI=1S/C16H13F3N6O3/c1-24-6-10(13(23-24)15(27)28)21-14(26)9-5-12-20-8(7-2-3-7)4-11(16(17,18)19)25(12)22-9/h4-7H,2-3H2,1H3,(H,21,26)(H,27,28). The van der Waals surface area contributed by atoms with E-state index in [9.17, 15) is 22.8 Å². The lowest BCUT2D eigenvalue weighted by Gasteiger charge is -2.10. The molecular formula is C16H13F3N6O3. The minimum absolute atomic E-state index is 0.0215. The topological polar surface area (TPSA) is 114 Å². The molecule has 0 unspecified atom stereocenters. The number of nitrogens with one attached hydrogen (secondary N) is 1. The summed E-state index contributed by atoms with van der Waals surface area (Å²) >= 11 is 0. The van der Waals surface area contributed by atoms with Crippen LogP contribution in [0.4, 0.5) is 18.9 Å². The minimum Gasteiger partial charge on any atom is -0.476 e. The highest BCUT2D eigenvalue weighted by Crippen LogP contribution is 2.41. The normalized spacial score (nSPS) is 14.4. The summed E-state index contributed by atoms with van der Waals surface area (Å²) in [4.78, 5) is 27.8. The van der Waals surface area contributed by atoms with E-state index >= 15 is 0 Å². The summed E-state index contributed by atoms with van der Waals surface area (Å²) in [5.41, 5.74) is -1.64. The number of hydrogen-bond acceptors (Lipinski definition) is 5. The number of aryl methyl sites for hydroxylation is 1. The van der Waals surface area contributed by atoms with Gasteiger partial charge in [0.05, 0.1) is 5.69 Å². The van der Waals surface area contributed by atoms with E-state index in [1.54, 1.807) is 0 Å². The number of rotatable bonds is 4. The predicted molar refractivity (Wildman–Crippen MR) is 88.1 cm³/mol. The van der Waals surface area contributed by atoms with Gasteiger partial charge in [-0.1, -0.05) is 0 Å². The summed E-state index contributed by atoms with van der Waals surface area (Å²) in [5, 5.41) is 18.8. The number of amides is 1. The van der Waals surface area contributed by atoms with Gasteiger partial charge in [0.15, 0.2) is 17.0 Å². The summed E-state index contributed by atoms with van der Waals surface area (Å²) in [6.45, 7) is 0. The Kier molecular flexibility index (Phi) is 3.87. The van der Waals surface area contributed by atoms with Gasteiger partial charge in [0.25, 0.3) is 5.91 Å². The SMILES string of the molecule is Cn1cc(NC(=O)c2cc3nc(C4CC4)cc(C(F)(F)F)n3n2)c(C(=O)O)n1. The van der Waals surface area contributed by atoms with Gasteiger partial charge in [-0.3, -0.25) is 9.48 Å². The molecule has 28 heavy (non-hydrogen) atoms. The number of carboxylic acids is 1. The average Bonchev–Trinajstić information content (AvgIpc) is 3.25. The van der Waals surface area contributed by atoms with Gasteiger partial charge in [-0.25, -0.2) is 14.3 Å². The van der Waals surface area contributed by atoms with Crippen molar-refractivity contribution in [1.82, 2.24) is 24.4 Å². The summed E-state index contributed by atoms with van der Waals surface area (Å²) in [7, 11) is 1.46. The molecule has 0 bridgehead atoms. The summed E-state index contributed by atoms with van der Waals surface area (Å²) in [6, 6.07) is 2.08. The molecule has 0 aromatic carbocycles. The molecule has 3 aromatic rings. The summed E-state index contributed by atoms with van der Waals surface area (Å²) in [5.74, 6) is -2.25. The molecule has 3 aromatic heterocycles. The van der Waals surface area contributed by atoms with Crippen molar-refractivity contribution in [3.05, 3.63) is 41.1 Å². The van der Waals surface area contributed by atoms with E-state index in [1.807, 2.05) is 0 Å². The van der Waals surface area contributed by atoms with Crippen LogP contribution in [0.3, 0.4) is 0 Å². The maximum Gasteiger partial charge on any atom is 0.433 e. The maximum absolute atomic E-state index is 13.4. The number of aromatic carboxylic acids is 1. The van der Waals surface area contributed by atoms with Crippen molar-refractivity contribution in [1.29, 1.82) is 0 Å². The van der Waals surface area contributed by atoms with Gasteiger partial charge in [0.2, 0.25) is 0 Å². The molecule has 0 spiro atoms. The van der Waals surface area contributed by atoms with Crippen LogP contribution < -0.4 is 5.32 Å². The van der Waals surface area contributed by atoms with Crippen LogP contribution in [0.25, 0.3) is 5.65 Å². The lowest BCUT2D eigenvalue weighted by Crippen LogP contribution is -2.16. The first-order chi connectivity index (χ1) is 13.1. The van der Waals surface area contributed by atoms with Gasteiger partial charge in [-0.2, -0.15) is 23.4 Å². The van der Waals surface area contributed by atoms with Crippen LogP contribution in [0.15, 0.2) is 18.3 Å². The van der Waals surface area contributed by atoms with Gasteiger partial charge < -0.3 is 10.4 Å². The Morgan fingerprint density at radius 1 is 1.25 bits per heavy atom. The molecule has 1 aliphatic rings. The minimum atomic E-state index is -4.68. The number of carbonyl (C=O) groups is 2. The average molecular weight is 394 g/mol. The van der Waals surface area contributed by atoms with Gasteiger partial charge in [0, 0.05) is 30.9 Å². The van der Waals surface area contributed by atoms with E-state index in [0.717, 1.165) is 25.0 Å². The summed E-state index contributed by atoms with van der Waals surface area (Å²) in [6.07, 6.45) is -1.88.